The average molecular weight is 366 g/mol. The zero-order valence-electron chi connectivity index (χ0n) is 16.2. The molecule has 2 aromatic rings. The van der Waals surface area contributed by atoms with E-state index in [1.807, 2.05) is 24.3 Å². The SMILES string of the molecule is CCCCC1CC2=C(C(=O)OC(C)(C)O2)C(c2cccc3ccccc23)O1. The number of rotatable bonds is 4. The fourth-order valence-electron chi connectivity index (χ4n) is 3.99. The van der Waals surface area contributed by atoms with Crippen LogP contribution in [-0.2, 0) is 19.0 Å². The Kier molecular flexibility index (Phi) is 4.68. The van der Waals surface area contributed by atoms with Crippen molar-refractivity contribution in [1.82, 2.24) is 0 Å². The van der Waals surface area contributed by atoms with Gasteiger partial charge in [0.05, 0.1) is 6.10 Å². The van der Waals surface area contributed by atoms with Crippen LogP contribution >= 0.6 is 0 Å². The lowest BCUT2D eigenvalue weighted by atomic mass is 9.90. The second-order valence-corrected chi connectivity index (χ2v) is 7.78. The van der Waals surface area contributed by atoms with Gasteiger partial charge in [-0.3, -0.25) is 0 Å². The van der Waals surface area contributed by atoms with Crippen molar-refractivity contribution in [2.75, 3.05) is 0 Å². The summed E-state index contributed by atoms with van der Waals surface area (Å²) in [7, 11) is 0. The molecule has 0 bridgehead atoms. The first kappa shape index (κ1) is 18.1. The van der Waals surface area contributed by atoms with Crippen LogP contribution in [0.2, 0.25) is 0 Å². The summed E-state index contributed by atoms with van der Waals surface area (Å²) in [4.78, 5) is 12.8. The van der Waals surface area contributed by atoms with Crippen LogP contribution in [0.4, 0.5) is 0 Å². The Labute approximate surface area is 160 Å². The van der Waals surface area contributed by atoms with E-state index < -0.39 is 11.9 Å². The maximum Gasteiger partial charge on any atom is 0.343 e. The molecule has 2 aliphatic heterocycles. The molecule has 0 aliphatic carbocycles. The van der Waals surface area contributed by atoms with Crippen molar-refractivity contribution in [1.29, 1.82) is 0 Å². The molecular weight excluding hydrogens is 340 g/mol. The lowest BCUT2D eigenvalue weighted by molar-refractivity contribution is -0.217. The Morgan fingerprint density at radius 1 is 1.07 bits per heavy atom. The molecule has 2 unspecified atom stereocenters. The van der Waals surface area contributed by atoms with Crippen LogP contribution in [0.5, 0.6) is 0 Å². The van der Waals surface area contributed by atoms with Gasteiger partial charge in [0.25, 0.3) is 0 Å². The van der Waals surface area contributed by atoms with E-state index in [2.05, 4.69) is 25.1 Å². The molecule has 0 aromatic heterocycles. The number of fused-ring (bicyclic) bond motifs is 1. The standard InChI is InChI=1S/C23H26O4/c1-4-5-11-16-14-19-20(22(24)27-23(2,3)26-19)21(25-16)18-13-8-10-15-9-6-7-12-17(15)18/h6-10,12-13,16,21H,4-5,11,14H2,1-3H3. The molecule has 2 aromatic carbocycles. The van der Waals surface area contributed by atoms with Gasteiger partial charge in [-0.25, -0.2) is 4.79 Å². The normalized spacial score (nSPS) is 24.3. The molecule has 4 nitrogen and oxygen atoms in total. The Morgan fingerprint density at radius 3 is 2.67 bits per heavy atom. The summed E-state index contributed by atoms with van der Waals surface area (Å²) >= 11 is 0. The summed E-state index contributed by atoms with van der Waals surface area (Å²) in [5, 5.41) is 2.22. The highest BCUT2D eigenvalue weighted by molar-refractivity contribution is 5.94. The van der Waals surface area contributed by atoms with Crippen molar-refractivity contribution < 1.29 is 19.0 Å². The Bertz CT molecular complexity index is 891. The summed E-state index contributed by atoms with van der Waals surface area (Å²) in [6, 6.07) is 14.3. The Hall–Kier alpha value is -2.33. The summed E-state index contributed by atoms with van der Waals surface area (Å²) in [6.45, 7) is 5.73. The zero-order valence-corrected chi connectivity index (χ0v) is 16.2. The third-order valence-electron chi connectivity index (χ3n) is 5.22. The van der Waals surface area contributed by atoms with E-state index in [9.17, 15) is 4.79 Å². The van der Waals surface area contributed by atoms with E-state index in [1.165, 1.54) is 0 Å². The number of hydrogen-bond acceptors (Lipinski definition) is 4. The molecule has 0 saturated heterocycles. The summed E-state index contributed by atoms with van der Waals surface area (Å²) in [5.74, 6) is -0.555. The zero-order chi connectivity index (χ0) is 19.0. The van der Waals surface area contributed by atoms with Crippen LogP contribution in [0.15, 0.2) is 53.8 Å². The molecule has 0 fully saturated rings. The molecule has 27 heavy (non-hydrogen) atoms. The second kappa shape index (κ2) is 7.01. The van der Waals surface area contributed by atoms with Crippen molar-refractivity contribution in [3.8, 4) is 0 Å². The van der Waals surface area contributed by atoms with Gasteiger partial charge in [0.1, 0.15) is 17.4 Å². The highest BCUT2D eigenvalue weighted by atomic mass is 16.7. The van der Waals surface area contributed by atoms with E-state index >= 15 is 0 Å². The number of carbonyl (C=O) groups is 1. The molecule has 4 rings (SSSR count). The van der Waals surface area contributed by atoms with Crippen LogP contribution in [0.25, 0.3) is 10.8 Å². The van der Waals surface area contributed by atoms with Gasteiger partial charge in [0.2, 0.25) is 5.79 Å². The number of ether oxygens (including phenoxy) is 3. The third kappa shape index (κ3) is 3.46. The smallest absolute Gasteiger partial charge is 0.343 e. The van der Waals surface area contributed by atoms with Gasteiger partial charge in [-0.05, 0) is 22.8 Å². The number of cyclic esters (lactones) is 1. The van der Waals surface area contributed by atoms with Gasteiger partial charge < -0.3 is 14.2 Å². The van der Waals surface area contributed by atoms with E-state index in [4.69, 9.17) is 14.2 Å². The van der Waals surface area contributed by atoms with Gasteiger partial charge in [0.15, 0.2) is 0 Å². The minimum absolute atomic E-state index is 0.0365. The number of carbonyl (C=O) groups excluding carboxylic acids is 1. The molecule has 2 heterocycles. The van der Waals surface area contributed by atoms with Crippen molar-refractivity contribution in [2.24, 2.45) is 0 Å². The fraction of sp³-hybridized carbons (Fsp3) is 0.435. The monoisotopic (exact) mass is 366 g/mol. The van der Waals surface area contributed by atoms with Gasteiger partial charge in [-0.15, -0.1) is 0 Å². The van der Waals surface area contributed by atoms with E-state index in [0.29, 0.717) is 12.0 Å². The maximum atomic E-state index is 12.8. The molecule has 0 spiro atoms. The first-order chi connectivity index (χ1) is 13.0. The molecule has 0 N–H and O–H groups in total. The predicted octanol–water partition coefficient (Wildman–Crippen LogP) is 5.42. The van der Waals surface area contributed by atoms with Crippen molar-refractivity contribution in [3.05, 3.63) is 59.4 Å². The van der Waals surface area contributed by atoms with Gasteiger partial charge in [-0.1, -0.05) is 62.2 Å². The quantitative estimate of drug-likeness (QED) is 0.678. The van der Waals surface area contributed by atoms with Crippen molar-refractivity contribution in [3.63, 3.8) is 0 Å². The summed E-state index contributed by atoms with van der Waals surface area (Å²) in [5.41, 5.74) is 1.50. The highest BCUT2D eigenvalue weighted by Crippen LogP contribution is 2.44. The second-order valence-electron chi connectivity index (χ2n) is 7.78. The molecule has 0 radical (unpaired) electrons. The van der Waals surface area contributed by atoms with E-state index in [0.717, 1.165) is 41.4 Å². The number of hydrogen-bond donors (Lipinski definition) is 0. The molecule has 2 atom stereocenters. The van der Waals surface area contributed by atoms with E-state index in [1.54, 1.807) is 13.8 Å². The van der Waals surface area contributed by atoms with Gasteiger partial charge in [-0.2, -0.15) is 0 Å². The van der Waals surface area contributed by atoms with Crippen LogP contribution in [0, 0.1) is 0 Å². The molecular formula is C23H26O4. The lowest BCUT2D eigenvalue weighted by Crippen LogP contribution is -2.42. The minimum Gasteiger partial charge on any atom is -0.456 e. The molecule has 0 amide bonds. The predicted molar refractivity (Wildman–Crippen MR) is 104 cm³/mol. The molecule has 2 aliphatic rings. The largest absolute Gasteiger partial charge is 0.456 e. The van der Waals surface area contributed by atoms with Crippen LogP contribution < -0.4 is 0 Å². The van der Waals surface area contributed by atoms with Crippen LogP contribution in [0.1, 0.15) is 58.1 Å². The fourth-order valence-corrected chi connectivity index (χ4v) is 3.99. The summed E-state index contributed by atoms with van der Waals surface area (Å²) in [6.07, 6.45) is 3.34. The van der Waals surface area contributed by atoms with E-state index in [-0.39, 0.29) is 12.1 Å². The van der Waals surface area contributed by atoms with Crippen molar-refractivity contribution >= 4 is 16.7 Å². The Balaban J connectivity index is 1.82. The van der Waals surface area contributed by atoms with Crippen molar-refractivity contribution in [2.45, 2.75) is 64.4 Å². The average Bonchev–Trinajstić information content (AvgIpc) is 2.64. The highest BCUT2D eigenvalue weighted by Gasteiger charge is 2.44. The number of benzene rings is 2. The molecule has 0 saturated carbocycles. The topological polar surface area (TPSA) is 44.8 Å². The van der Waals surface area contributed by atoms with Gasteiger partial charge >= 0.3 is 5.97 Å². The first-order valence-corrected chi connectivity index (χ1v) is 9.77. The lowest BCUT2D eigenvalue weighted by Gasteiger charge is -2.41. The maximum absolute atomic E-state index is 12.8. The Morgan fingerprint density at radius 2 is 1.85 bits per heavy atom. The van der Waals surface area contributed by atoms with Crippen LogP contribution in [0.3, 0.4) is 0 Å². The molecule has 4 heteroatoms. The third-order valence-corrected chi connectivity index (χ3v) is 5.22. The molecule has 142 valence electrons. The number of unbranched alkanes of at least 4 members (excludes halogenated alkanes) is 1. The van der Waals surface area contributed by atoms with Crippen LogP contribution in [-0.4, -0.2) is 17.9 Å². The number of esters is 1. The minimum atomic E-state index is -0.939. The summed E-state index contributed by atoms with van der Waals surface area (Å²) < 4.78 is 18.1. The first-order valence-electron chi connectivity index (χ1n) is 9.77. The van der Waals surface area contributed by atoms with Gasteiger partial charge in [0, 0.05) is 20.3 Å².